The van der Waals surface area contributed by atoms with Gasteiger partial charge in [0, 0.05) is 5.54 Å². The van der Waals surface area contributed by atoms with Crippen molar-refractivity contribution in [3.63, 3.8) is 0 Å². The lowest BCUT2D eigenvalue weighted by Crippen LogP contribution is -2.47. The molecule has 0 saturated heterocycles. The lowest BCUT2D eigenvalue weighted by Gasteiger charge is -2.23. The summed E-state index contributed by atoms with van der Waals surface area (Å²) in [6, 6.07) is -0.445. The molecule has 0 saturated carbocycles. The van der Waals surface area contributed by atoms with E-state index in [0.29, 0.717) is 9.47 Å². The second-order valence-electron chi connectivity index (χ2n) is 5.16. The summed E-state index contributed by atoms with van der Waals surface area (Å²) in [4.78, 5) is 22.3. The van der Waals surface area contributed by atoms with Gasteiger partial charge in [0.05, 0.1) is 5.75 Å². The minimum Gasteiger partial charge on any atom is -0.481 e. The van der Waals surface area contributed by atoms with Crippen LogP contribution in [-0.2, 0) is 9.59 Å². The molecule has 0 aromatic carbocycles. The first kappa shape index (κ1) is 16.7. The lowest BCUT2D eigenvalue weighted by molar-refractivity contribution is -0.134. The molecule has 1 heterocycles. The van der Waals surface area contributed by atoms with Crippen LogP contribution in [0.25, 0.3) is 0 Å². The third-order valence-corrected chi connectivity index (χ3v) is 3.93. The quantitative estimate of drug-likeness (QED) is 0.681. The molecule has 1 amide bonds. The van der Waals surface area contributed by atoms with Crippen molar-refractivity contribution in [2.75, 3.05) is 11.1 Å². The Morgan fingerprint density at radius 1 is 1.40 bits per heavy atom. The number of rotatable bonds is 6. The van der Waals surface area contributed by atoms with E-state index in [1.165, 1.54) is 11.3 Å². The van der Waals surface area contributed by atoms with E-state index in [9.17, 15) is 9.59 Å². The van der Waals surface area contributed by atoms with Crippen LogP contribution < -0.4 is 10.6 Å². The minimum absolute atomic E-state index is 0.0608. The van der Waals surface area contributed by atoms with Crippen LogP contribution in [0.4, 0.5) is 5.13 Å². The molecule has 20 heavy (non-hydrogen) atoms. The average Bonchev–Trinajstić information content (AvgIpc) is 2.71. The fraction of sp³-hybridized carbons (Fsp3) is 0.636. The number of amides is 1. The molecule has 112 valence electrons. The molecular weight excluding hydrogens is 300 g/mol. The zero-order chi connectivity index (χ0) is 15.3. The molecule has 0 bridgehead atoms. The van der Waals surface area contributed by atoms with Gasteiger partial charge < -0.3 is 15.7 Å². The number of anilines is 1. The molecule has 1 atom stereocenters. The Labute approximate surface area is 125 Å². The second kappa shape index (κ2) is 6.89. The summed E-state index contributed by atoms with van der Waals surface area (Å²) in [6.45, 7) is 7.45. The monoisotopic (exact) mass is 318 g/mol. The number of carbonyl (C=O) groups is 2. The highest BCUT2D eigenvalue weighted by atomic mass is 32.2. The first-order valence-electron chi connectivity index (χ1n) is 5.94. The molecule has 1 rings (SSSR count). The van der Waals surface area contributed by atoms with Crippen LogP contribution >= 0.6 is 23.1 Å². The van der Waals surface area contributed by atoms with Gasteiger partial charge >= 0.3 is 5.97 Å². The summed E-state index contributed by atoms with van der Waals surface area (Å²) in [6.07, 6.45) is 0. The molecule has 0 spiro atoms. The number of nitrogens with zero attached hydrogens (tertiary/aromatic N) is 2. The van der Waals surface area contributed by atoms with Gasteiger partial charge in [0.25, 0.3) is 0 Å². The van der Waals surface area contributed by atoms with E-state index in [-0.39, 0.29) is 17.2 Å². The number of carboxylic acid groups (broad SMARTS) is 1. The summed E-state index contributed by atoms with van der Waals surface area (Å²) >= 11 is 2.32. The first-order chi connectivity index (χ1) is 9.17. The Balaban J connectivity index is 2.52. The van der Waals surface area contributed by atoms with Crippen molar-refractivity contribution in [3.8, 4) is 0 Å². The van der Waals surface area contributed by atoms with Gasteiger partial charge in [-0.15, -0.1) is 10.2 Å². The molecule has 0 aliphatic rings. The van der Waals surface area contributed by atoms with Gasteiger partial charge in [-0.3, -0.25) is 9.59 Å². The minimum atomic E-state index is -0.905. The van der Waals surface area contributed by atoms with E-state index in [4.69, 9.17) is 5.11 Å². The molecule has 0 aliphatic carbocycles. The molecular formula is C11H18N4O3S2. The third kappa shape index (κ3) is 6.20. The molecule has 0 fully saturated rings. The number of nitrogens with one attached hydrogen (secondary N) is 2. The Bertz CT molecular complexity index is 484. The molecule has 0 radical (unpaired) electrons. The van der Waals surface area contributed by atoms with Gasteiger partial charge in [-0.25, -0.2) is 0 Å². The standard InChI is InChI=1S/C11H18N4O3S2/c1-6(8(18)13-11(2,3)4)12-9-14-15-10(20-9)19-5-7(16)17/h6H,5H2,1-4H3,(H,12,14)(H,13,18)(H,16,17). The fourth-order valence-corrected chi connectivity index (χ4v) is 2.74. The highest BCUT2D eigenvalue weighted by molar-refractivity contribution is 8.01. The van der Waals surface area contributed by atoms with E-state index in [0.717, 1.165) is 11.8 Å². The topological polar surface area (TPSA) is 104 Å². The van der Waals surface area contributed by atoms with E-state index < -0.39 is 12.0 Å². The molecule has 9 heteroatoms. The van der Waals surface area contributed by atoms with Crippen LogP contribution in [0.5, 0.6) is 0 Å². The predicted molar refractivity (Wildman–Crippen MR) is 79.2 cm³/mol. The number of hydrogen-bond acceptors (Lipinski definition) is 7. The third-order valence-electron chi connectivity index (χ3n) is 1.96. The number of carboxylic acids is 1. The first-order valence-corrected chi connectivity index (χ1v) is 7.74. The van der Waals surface area contributed by atoms with Crippen molar-refractivity contribution in [2.24, 2.45) is 0 Å². The van der Waals surface area contributed by atoms with Crippen molar-refractivity contribution < 1.29 is 14.7 Å². The van der Waals surface area contributed by atoms with Gasteiger partial charge in [-0.2, -0.15) is 0 Å². The van der Waals surface area contributed by atoms with Crippen molar-refractivity contribution >= 4 is 40.1 Å². The zero-order valence-electron chi connectivity index (χ0n) is 11.8. The maximum Gasteiger partial charge on any atom is 0.313 e. The van der Waals surface area contributed by atoms with Crippen LogP contribution in [0, 0.1) is 0 Å². The Kier molecular flexibility index (Phi) is 5.75. The van der Waals surface area contributed by atoms with Gasteiger partial charge in [0.1, 0.15) is 6.04 Å². The Morgan fingerprint density at radius 2 is 2.05 bits per heavy atom. The molecule has 3 N–H and O–H groups in total. The highest BCUT2D eigenvalue weighted by Gasteiger charge is 2.20. The van der Waals surface area contributed by atoms with Gasteiger partial charge in [0.15, 0.2) is 4.34 Å². The Morgan fingerprint density at radius 3 is 2.60 bits per heavy atom. The van der Waals surface area contributed by atoms with E-state index >= 15 is 0 Å². The van der Waals surface area contributed by atoms with Crippen LogP contribution in [0.1, 0.15) is 27.7 Å². The maximum absolute atomic E-state index is 11.9. The fourth-order valence-electron chi connectivity index (χ4n) is 1.18. The average molecular weight is 318 g/mol. The maximum atomic E-state index is 11.9. The van der Waals surface area contributed by atoms with E-state index in [2.05, 4.69) is 20.8 Å². The smallest absolute Gasteiger partial charge is 0.313 e. The SMILES string of the molecule is CC(Nc1nnc(SCC(=O)O)s1)C(=O)NC(C)(C)C. The lowest BCUT2D eigenvalue weighted by atomic mass is 10.1. The number of thioether (sulfide) groups is 1. The van der Waals surface area contributed by atoms with Crippen LogP contribution in [0.15, 0.2) is 4.34 Å². The molecule has 1 unspecified atom stereocenters. The van der Waals surface area contributed by atoms with Gasteiger partial charge in [-0.05, 0) is 27.7 Å². The van der Waals surface area contributed by atoms with Crippen molar-refractivity contribution in [2.45, 2.75) is 43.6 Å². The summed E-state index contributed by atoms with van der Waals surface area (Å²) in [5.74, 6) is -1.10. The Hall–Kier alpha value is -1.35. The normalized spacial score (nSPS) is 12.8. The van der Waals surface area contributed by atoms with Gasteiger partial charge in [0.2, 0.25) is 11.0 Å². The second-order valence-corrected chi connectivity index (χ2v) is 7.36. The number of aromatic nitrogens is 2. The molecule has 0 aliphatic heterocycles. The van der Waals surface area contributed by atoms with E-state index in [1.54, 1.807) is 6.92 Å². The summed E-state index contributed by atoms with van der Waals surface area (Å²) < 4.78 is 0.554. The number of aliphatic carboxylic acids is 1. The van der Waals surface area contributed by atoms with Gasteiger partial charge in [-0.1, -0.05) is 23.1 Å². The molecule has 7 nitrogen and oxygen atoms in total. The van der Waals surface area contributed by atoms with E-state index in [1.807, 2.05) is 20.8 Å². The predicted octanol–water partition coefficient (Wildman–Crippen LogP) is 1.43. The largest absolute Gasteiger partial charge is 0.481 e. The highest BCUT2D eigenvalue weighted by Crippen LogP contribution is 2.25. The van der Waals surface area contributed by atoms with Crippen LogP contribution in [0.3, 0.4) is 0 Å². The van der Waals surface area contributed by atoms with Crippen molar-refractivity contribution in [1.29, 1.82) is 0 Å². The summed E-state index contributed by atoms with van der Waals surface area (Å²) in [5.41, 5.74) is -0.295. The van der Waals surface area contributed by atoms with Crippen LogP contribution in [-0.4, -0.2) is 44.5 Å². The molecule has 1 aromatic heterocycles. The number of carbonyl (C=O) groups excluding carboxylic acids is 1. The zero-order valence-corrected chi connectivity index (χ0v) is 13.4. The van der Waals surface area contributed by atoms with Crippen molar-refractivity contribution in [3.05, 3.63) is 0 Å². The number of hydrogen-bond donors (Lipinski definition) is 3. The van der Waals surface area contributed by atoms with Crippen molar-refractivity contribution in [1.82, 2.24) is 15.5 Å². The summed E-state index contributed by atoms with van der Waals surface area (Å²) in [7, 11) is 0. The summed E-state index contributed by atoms with van der Waals surface area (Å²) in [5, 5.41) is 22.6. The molecule has 1 aromatic rings. The van der Waals surface area contributed by atoms with Crippen LogP contribution in [0.2, 0.25) is 0 Å².